The van der Waals surface area contributed by atoms with Gasteiger partial charge >= 0.3 is 0 Å². The van der Waals surface area contributed by atoms with Crippen LogP contribution in [0.25, 0.3) is 0 Å². The molecule has 0 N–H and O–H groups in total. The van der Waals surface area contributed by atoms with Crippen LogP contribution in [-0.2, 0) is 0 Å². The van der Waals surface area contributed by atoms with Crippen molar-refractivity contribution in [2.45, 2.75) is 19.8 Å². The van der Waals surface area contributed by atoms with Gasteiger partial charge in [0.05, 0.1) is 0 Å². The second-order valence-electron chi connectivity index (χ2n) is 4.40. The molecule has 18 heavy (non-hydrogen) atoms. The Balaban J connectivity index is 2.30. The van der Waals surface area contributed by atoms with Gasteiger partial charge in [-0.15, -0.1) is 0 Å². The summed E-state index contributed by atoms with van der Waals surface area (Å²) >= 11 is 0. The van der Waals surface area contributed by atoms with Crippen LogP contribution in [0.15, 0.2) is 42.5 Å². The molecule has 3 heteroatoms. The number of hydrogen-bond donors (Lipinski definition) is 0. The lowest BCUT2D eigenvalue weighted by Gasteiger charge is -2.10. The van der Waals surface area contributed by atoms with Crippen molar-refractivity contribution in [3.05, 3.63) is 59.7 Å². The zero-order valence-corrected chi connectivity index (χ0v) is 10.3. The molecule has 0 fully saturated rings. The van der Waals surface area contributed by atoms with Crippen molar-refractivity contribution in [3.8, 4) is 11.5 Å². The first-order chi connectivity index (χ1) is 8.56. The molecule has 0 aliphatic rings. The highest BCUT2D eigenvalue weighted by Gasteiger charge is 2.08. The maximum Gasteiger partial charge on any atom is 0.165 e. The molecule has 2 rings (SSSR count). The lowest BCUT2D eigenvalue weighted by molar-refractivity contribution is 0.437. The molecule has 94 valence electrons. The summed E-state index contributed by atoms with van der Waals surface area (Å²) in [7, 11) is 0. The van der Waals surface area contributed by atoms with Crippen LogP contribution in [0.2, 0.25) is 0 Å². The summed E-state index contributed by atoms with van der Waals surface area (Å²) in [4.78, 5) is 0. The van der Waals surface area contributed by atoms with Crippen LogP contribution in [0.3, 0.4) is 0 Å². The molecular formula is C15H14F2O. The maximum absolute atomic E-state index is 13.6. The highest BCUT2D eigenvalue weighted by atomic mass is 19.1. The van der Waals surface area contributed by atoms with Gasteiger partial charge < -0.3 is 4.74 Å². The monoisotopic (exact) mass is 248 g/mol. The second-order valence-corrected chi connectivity index (χ2v) is 4.40. The van der Waals surface area contributed by atoms with E-state index in [1.54, 1.807) is 18.2 Å². The molecule has 2 aromatic rings. The standard InChI is InChI=1S/C15H14F2O/c1-10(2)11-6-7-14(17)15(8-11)18-13-5-3-4-12(16)9-13/h3-10H,1-2H3. The summed E-state index contributed by atoms with van der Waals surface area (Å²) in [6.45, 7) is 4.03. The van der Waals surface area contributed by atoms with Crippen molar-refractivity contribution in [2.24, 2.45) is 0 Å². The highest BCUT2D eigenvalue weighted by molar-refractivity contribution is 5.36. The summed E-state index contributed by atoms with van der Waals surface area (Å²) in [5.74, 6) is -0.182. The first kappa shape index (κ1) is 12.6. The number of halogens is 2. The van der Waals surface area contributed by atoms with E-state index in [2.05, 4.69) is 0 Å². The van der Waals surface area contributed by atoms with Gasteiger partial charge in [-0.1, -0.05) is 26.0 Å². The largest absolute Gasteiger partial charge is 0.454 e. The Morgan fingerprint density at radius 2 is 1.78 bits per heavy atom. The van der Waals surface area contributed by atoms with Crippen molar-refractivity contribution >= 4 is 0 Å². The minimum absolute atomic E-state index is 0.117. The molecule has 0 amide bonds. The first-order valence-corrected chi connectivity index (χ1v) is 5.79. The van der Waals surface area contributed by atoms with E-state index in [9.17, 15) is 8.78 Å². The minimum Gasteiger partial charge on any atom is -0.454 e. The van der Waals surface area contributed by atoms with E-state index < -0.39 is 11.6 Å². The van der Waals surface area contributed by atoms with Crippen molar-refractivity contribution in [3.63, 3.8) is 0 Å². The van der Waals surface area contributed by atoms with Crippen molar-refractivity contribution < 1.29 is 13.5 Å². The molecule has 0 bridgehead atoms. The Morgan fingerprint density at radius 1 is 1.00 bits per heavy atom. The van der Waals surface area contributed by atoms with Crippen LogP contribution in [-0.4, -0.2) is 0 Å². The zero-order valence-electron chi connectivity index (χ0n) is 10.3. The average Bonchev–Trinajstić information content (AvgIpc) is 2.31. The van der Waals surface area contributed by atoms with E-state index in [-0.39, 0.29) is 17.4 Å². The molecule has 1 nitrogen and oxygen atoms in total. The van der Waals surface area contributed by atoms with Crippen LogP contribution in [0, 0.1) is 11.6 Å². The van der Waals surface area contributed by atoms with E-state index in [4.69, 9.17) is 4.74 Å². The average molecular weight is 248 g/mol. The summed E-state index contributed by atoms with van der Waals surface area (Å²) < 4.78 is 32.0. The zero-order chi connectivity index (χ0) is 13.1. The van der Waals surface area contributed by atoms with Crippen LogP contribution in [0.1, 0.15) is 25.3 Å². The van der Waals surface area contributed by atoms with E-state index >= 15 is 0 Å². The predicted molar refractivity (Wildman–Crippen MR) is 67.0 cm³/mol. The van der Waals surface area contributed by atoms with Crippen LogP contribution < -0.4 is 4.74 Å². The van der Waals surface area contributed by atoms with E-state index in [1.165, 1.54) is 24.3 Å². The summed E-state index contributed by atoms with van der Waals surface area (Å²) in [5.41, 5.74) is 0.975. The molecule has 0 aromatic heterocycles. The van der Waals surface area contributed by atoms with Gasteiger partial charge in [-0.25, -0.2) is 8.78 Å². The SMILES string of the molecule is CC(C)c1ccc(F)c(Oc2cccc(F)c2)c1. The van der Waals surface area contributed by atoms with Gasteiger partial charge in [0.2, 0.25) is 0 Å². The molecule has 0 heterocycles. The van der Waals surface area contributed by atoms with Gasteiger partial charge in [-0.2, -0.15) is 0 Å². The van der Waals surface area contributed by atoms with Gasteiger partial charge in [-0.3, -0.25) is 0 Å². The van der Waals surface area contributed by atoms with Gasteiger partial charge in [-0.05, 0) is 35.7 Å². The molecule has 0 saturated heterocycles. The lowest BCUT2D eigenvalue weighted by atomic mass is 10.0. The van der Waals surface area contributed by atoms with Crippen molar-refractivity contribution in [1.82, 2.24) is 0 Å². The summed E-state index contributed by atoms with van der Waals surface area (Å²) in [5, 5.41) is 0. The molecule has 0 unspecified atom stereocenters. The van der Waals surface area contributed by atoms with E-state index in [1.807, 2.05) is 13.8 Å². The molecule has 2 aromatic carbocycles. The Labute approximate surface area is 105 Å². The normalized spacial score (nSPS) is 10.7. The quantitative estimate of drug-likeness (QED) is 0.752. The predicted octanol–water partition coefficient (Wildman–Crippen LogP) is 4.88. The minimum atomic E-state index is -0.455. The Hall–Kier alpha value is -1.90. The van der Waals surface area contributed by atoms with Crippen LogP contribution in [0.4, 0.5) is 8.78 Å². The highest BCUT2D eigenvalue weighted by Crippen LogP contribution is 2.28. The molecule has 0 atom stereocenters. The Kier molecular flexibility index (Phi) is 3.60. The molecular weight excluding hydrogens is 234 g/mol. The van der Waals surface area contributed by atoms with Gasteiger partial charge in [0.1, 0.15) is 11.6 Å². The lowest BCUT2D eigenvalue weighted by Crippen LogP contribution is -1.93. The smallest absolute Gasteiger partial charge is 0.165 e. The third-order valence-electron chi connectivity index (χ3n) is 2.65. The molecule has 0 spiro atoms. The fraction of sp³-hybridized carbons (Fsp3) is 0.200. The van der Waals surface area contributed by atoms with Gasteiger partial charge in [0.25, 0.3) is 0 Å². The number of ether oxygens (including phenoxy) is 1. The van der Waals surface area contributed by atoms with Crippen LogP contribution in [0.5, 0.6) is 11.5 Å². The number of benzene rings is 2. The Bertz CT molecular complexity index is 550. The van der Waals surface area contributed by atoms with Crippen molar-refractivity contribution in [1.29, 1.82) is 0 Å². The Morgan fingerprint density at radius 3 is 2.44 bits per heavy atom. The second kappa shape index (κ2) is 5.17. The molecule has 0 saturated carbocycles. The third-order valence-corrected chi connectivity index (χ3v) is 2.65. The number of rotatable bonds is 3. The van der Waals surface area contributed by atoms with Gasteiger partial charge in [0.15, 0.2) is 11.6 Å². The fourth-order valence-corrected chi connectivity index (χ4v) is 1.61. The molecule has 0 radical (unpaired) electrons. The van der Waals surface area contributed by atoms with Crippen molar-refractivity contribution in [2.75, 3.05) is 0 Å². The van der Waals surface area contributed by atoms with Gasteiger partial charge in [0, 0.05) is 6.07 Å². The van der Waals surface area contributed by atoms with Crippen LogP contribution >= 0.6 is 0 Å². The summed E-state index contributed by atoms with van der Waals surface area (Å²) in [6, 6.07) is 10.4. The fourth-order valence-electron chi connectivity index (χ4n) is 1.61. The number of hydrogen-bond acceptors (Lipinski definition) is 1. The topological polar surface area (TPSA) is 9.23 Å². The molecule has 0 aliphatic carbocycles. The summed E-state index contributed by atoms with van der Waals surface area (Å²) in [6.07, 6.45) is 0. The first-order valence-electron chi connectivity index (χ1n) is 5.79. The maximum atomic E-state index is 13.6. The van der Waals surface area contributed by atoms with E-state index in [0.29, 0.717) is 0 Å². The van der Waals surface area contributed by atoms with E-state index in [0.717, 1.165) is 5.56 Å². The third kappa shape index (κ3) is 2.86. The molecule has 0 aliphatic heterocycles.